The van der Waals surface area contributed by atoms with Crippen LogP contribution in [0.1, 0.15) is 54.9 Å². The molecule has 1 aromatic heterocycles. The van der Waals surface area contributed by atoms with Crippen molar-refractivity contribution < 1.29 is 28.2 Å². The maximum atomic E-state index is 15.2. The van der Waals surface area contributed by atoms with E-state index in [9.17, 15) is 14.3 Å². The zero-order chi connectivity index (χ0) is 24.7. The van der Waals surface area contributed by atoms with Gasteiger partial charge in [-0.05, 0) is 66.3 Å². The number of aromatic nitrogens is 1. The molecule has 1 saturated carbocycles. The van der Waals surface area contributed by atoms with Crippen LogP contribution in [0.3, 0.4) is 0 Å². The number of hydrogen-bond donors (Lipinski definition) is 0. The van der Waals surface area contributed by atoms with Crippen molar-refractivity contribution in [1.82, 2.24) is 4.98 Å². The molecule has 0 bridgehead atoms. The van der Waals surface area contributed by atoms with Crippen LogP contribution in [-0.2, 0) is 11.2 Å². The van der Waals surface area contributed by atoms with Gasteiger partial charge in [-0.3, -0.25) is 0 Å². The van der Waals surface area contributed by atoms with E-state index < -0.39 is 29.6 Å². The minimum Gasteiger partial charge on any atom is -0.550 e. The third kappa shape index (κ3) is 4.59. The number of halogens is 2. The van der Waals surface area contributed by atoms with E-state index >= 15 is 4.39 Å². The number of carbonyl (C=O) groups excluding carboxylic acids is 1. The molecule has 0 radical (unpaired) electrons. The Hall–Kier alpha value is -3.48. The highest BCUT2D eigenvalue weighted by molar-refractivity contribution is 5.69. The second kappa shape index (κ2) is 9.29. The third-order valence-corrected chi connectivity index (χ3v) is 7.16. The smallest absolute Gasteiger partial charge is 0.213 e. The van der Waals surface area contributed by atoms with Gasteiger partial charge in [0.05, 0.1) is 13.3 Å². The van der Waals surface area contributed by atoms with Crippen molar-refractivity contribution in [1.29, 1.82) is 0 Å². The second-order valence-electron chi connectivity index (χ2n) is 9.43. The van der Waals surface area contributed by atoms with Crippen molar-refractivity contribution in [2.45, 2.75) is 44.6 Å². The van der Waals surface area contributed by atoms with Crippen LogP contribution in [0.5, 0.6) is 11.6 Å². The highest BCUT2D eigenvalue weighted by atomic mass is 19.1. The highest BCUT2D eigenvalue weighted by Crippen LogP contribution is 2.48. The fourth-order valence-corrected chi connectivity index (χ4v) is 5.09. The first kappa shape index (κ1) is 23.3. The molecule has 7 heteroatoms. The minimum atomic E-state index is -1.05. The molecule has 5 nitrogen and oxygen atoms in total. The minimum absolute atomic E-state index is 0.127. The quantitative estimate of drug-likeness (QED) is 0.479. The Morgan fingerprint density at radius 1 is 1.11 bits per heavy atom. The first-order valence-electron chi connectivity index (χ1n) is 11.9. The molecule has 2 aromatic carbocycles. The lowest BCUT2D eigenvalue weighted by molar-refractivity contribution is -0.311. The predicted octanol–water partition coefficient (Wildman–Crippen LogP) is 4.98. The molecular formula is C28H26F2NO4-. The molecule has 2 heterocycles. The summed E-state index contributed by atoms with van der Waals surface area (Å²) >= 11 is 0. The van der Waals surface area contributed by atoms with Crippen LogP contribution in [0.4, 0.5) is 8.78 Å². The Balaban J connectivity index is 1.41. The molecule has 3 aromatic rings. The van der Waals surface area contributed by atoms with E-state index in [0.717, 1.165) is 30.2 Å². The molecule has 0 saturated heterocycles. The van der Waals surface area contributed by atoms with Crippen molar-refractivity contribution in [2.24, 2.45) is 11.8 Å². The fourth-order valence-electron chi connectivity index (χ4n) is 5.09. The molecule has 0 N–H and O–H groups in total. The topological polar surface area (TPSA) is 71.5 Å². The van der Waals surface area contributed by atoms with E-state index in [-0.39, 0.29) is 17.4 Å². The van der Waals surface area contributed by atoms with Crippen LogP contribution in [0, 0.1) is 23.5 Å². The first-order chi connectivity index (χ1) is 16.9. The molecule has 2 aliphatic rings. The number of carboxylic acids is 1. The van der Waals surface area contributed by atoms with Crippen LogP contribution < -0.4 is 14.6 Å². The van der Waals surface area contributed by atoms with Gasteiger partial charge in [-0.1, -0.05) is 31.2 Å². The maximum absolute atomic E-state index is 15.2. The van der Waals surface area contributed by atoms with Crippen LogP contribution in [0.2, 0.25) is 0 Å². The van der Waals surface area contributed by atoms with E-state index in [1.54, 1.807) is 19.1 Å². The lowest BCUT2D eigenvalue weighted by Gasteiger charge is -2.30. The second-order valence-corrected chi connectivity index (χ2v) is 9.43. The molecule has 5 rings (SSSR count). The molecule has 1 aliphatic carbocycles. The molecule has 182 valence electrons. The number of rotatable bonds is 7. The number of ether oxygens (including phenoxy) is 2. The lowest BCUT2D eigenvalue weighted by atomic mass is 9.82. The van der Waals surface area contributed by atoms with Gasteiger partial charge in [0.15, 0.2) is 0 Å². The summed E-state index contributed by atoms with van der Waals surface area (Å²) < 4.78 is 40.8. The molecule has 1 unspecified atom stereocenters. The molecule has 35 heavy (non-hydrogen) atoms. The average Bonchev–Trinajstić information content (AvgIpc) is 3.69. The predicted molar refractivity (Wildman–Crippen MR) is 124 cm³/mol. The summed E-state index contributed by atoms with van der Waals surface area (Å²) in [6.45, 7) is 1.69. The van der Waals surface area contributed by atoms with Crippen LogP contribution >= 0.6 is 0 Å². The van der Waals surface area contributed by atoms with Gasteiger partial charge in [0.1, 0.15) is 23.5 Å². The Kier molecular flexibility index (Phi) is 6.17. The molecule has 0 spiro atoms. The van der Waals surface area contributed by atoms with Gasteiger partial charge in [-0.25, -0.2) is 13.8 Å². The normalized spacial score (nSPS) is 18.8. The lowest BCUT2D eigenvalue weighted by Crippen LogP contribution is -2.34. The SMILES string of the molecule is COc1cc(-c2ccc(C3CCc4ccc([C@H](C5CC5)[C@H](C)C(=O)[O-])cc4O3)c(F)c2)c(F)cn1. The van der Waals surface area contributed by atoms with Gasteiger partial charge in [-0.15, -0.1) is 0 Å². The summed E-state index contributed by atoms with van der Waals surface area (Å²) in [5.41, 5.74) is 2.92. The zero-order valence-electron chi connectivity index (χ0n) is 19.6. The van der Waals surface area contributed by atoms with E-state index in [1.807, 2.05) is 18.2 Å². The number of fused-ring (bicyclic) bond motifs is 1. The fraction of sp³-hybridized carbons (Fsp3) is 0.357. The van der Waals surface area contributed by atoms with Gasteiger partial charge in [0, 0.05) is 29.1 Å². The summed E-state index contributed by atoms with van der Waals surface area (Å²) in [6, 6.07) is 11.9. The summed E-state index contributed by atoms with van der Waals surface area (Å²) in [5.74, 6) is -1.60. The number of carbonyl (C=O) groups is 1. The highest BCUT2D eigenvalue weighted by Gasteiger charge is 2.37. The Morgan fingerprint density at radius 2 is 1.91 bits per heavy atom. The van der Waals surface area contributed by atoms with Gasteiger partial charge in [0.2, 0.25) is 5.88 Å². The van der Waals surface area contributed by atoms with Gasteiger partial charge in [-0.2, -0.15) is 0 Å². The van der Waals surface area contributed by atoms with Crippen LogP contribution in [0.25, 0.3) is 11.1 Å². The number of nitrogens with zero attached hydrogens (tertiary/aromatic N) is 1. The first-order valence-corrected chi connectivity index (χ1v) is 11.9. The summed E-state index contributed by atoms with van der Waals surface area (Å²) in [5, 5.41) is 11.6. The monoisotopic (exact) mass is 478 g/mol. The number of benzene rings is 2. The van der Waals surface area contributed by atoms with Crippen LogP contribution in [0.15, 0.2) is 48.7 Å². The average molecular weight is 479 g/mol. The third-order valence-electron chi connectivity index (χ3n) is 7.16. The summed E-state index contributed by atoms with van der Waals surface area (Å²) in [7, 11) is 1.43. The van der Waals surface area contributed by atoms with E-state index in [2.05, 4.69) is 4.98 Å². The Labute approximate surface area is 202 Å². The van der Waals surface area contributed by atoms with E-state index in [0.29, 0.717) is 35.6 Å². The van der Waals surface area contributed by atoms with Crippen LogP contribution in [-0.4, -0.2) is 18.1 Å². The number of methoxy groups -OCH3 is 1. The van der Waals surface area contributed by atoms with E-state index in [1.165, 1.54) is 19.2 Å². The Morgan fingerprint density at radius 3 is 2.60 bits per heavy atom. The van der Waals surface area contributed by atoms with Gasteiger partial charge >= 0.3 is 0 Å². The van der Waals surface area contributed by atoms with Gasteiger partial charge in [0.25, 0.3) is 0 Å². The molecule has 3 atom stereocenters. The maximum Gasteiger partial charge on any atom is 0.213 e. The number of carboxylic acid groups (broad SMARTS) is 1. The molecule has 1 aliphatic heterocycles. The number of hydrogen-bond acceptors (Lipinski definition) is 5. The molecular weight excluding hydrogens is 452 g/mol. The standard InChI is InChI=1S/C28H27F2NO4/c1-15(28(32)33)27(17-4-5-17)19-6-3-16-8-10-24(35-25(16)12-19)20-9-7-18(11-22(20)29)21-13-26(34-2)31-14-23(21)30/h3,6-7,9,11-15,17,24,27H,4-5,8,10H2,1-2H3,(H,32,33)/p-1/t15-,24?,27-/m0/s1. The van der Waals surface area contributed by atoms with Crippen molar-refractivity contribution in [3.8, 4) is 22.8 Å². The van der Waals surface area contributed by atoms with Crippen molar-refractivity contribution >= 4 is 5.97 Å². The summed E-state index contributed by atoms with van der Waals surface area (Å²) in [4.78, 5) is 15.4. The van der Waals surface area contributed by atoms with E-state index in [4.69, 9.17) is 9.47 Å². The van der Waals surface area contributed by atoms with Crippen molar-refractivity contribution in [3.05, 3.63) is 77.0 Å². The molecule has 1 fully saturated rings. The van der Waals surface area contributed by atoms with Gasteiger partial charge < -0.3 is 19.4 Å². The number of aliphatic carboxylic acids is 1. The number of aryl methyl sites for hydroxylation is 1. The van der Waals surface area contributed by atoms with Crippen molar-refractivity contribution in [3.63, 3.8) is 0 Å². The summed E-state index contributed by atoms with van der Waals surface area (Å²) in [6.07, 6.45) is 3.87. The largest absolute Gasteiger partial charge is 0.550 e. The molecule has 0 amide bonds. The van der Waals surface area contributed by atoms with Crippen molar-refractivity contribution in [2.75, 3.05) is 7.11 Å². The zero-order valence-corrected chi connectivity index (χ0v) is 19.6. The number of pyridine rings is 1. The Bertz CT molecular complexity index is 1270.